The third kappa shape index (κ3) is 4.10. The maximum Gasteiger partial charge on any atom is 0.0518 e. The second-order valence-corrected chi connectivity index (χ2v) is 4.21. The van der Waals surface area contributed by atoms with Crippen LogP contribution in [0.15, 0.2) is 0 Å². The van der Waals surface area contributed by atoms with Crippen molar-refractivity contribution in [2.45, 2.75) is 58.5 Å². The van der Waals surface area contributed by atoms with Crippen molar-refractivity contribution in [2.24, 2.45) is 5.92 Å². The van der Waals surface area contributed by atoms with Crippen molar-refractivity contribution in [3.05, 3.63) is 0 Å². The summed E-state index contributed by atoms with van der Waals surface area (Å²) in [5, 5.41) is 0. The molecule has 0 N–H and O–H groups in total. The van der Waals surface area contributed by atoms with Crippen molar-refractivity contribution in [1.82, 2.24) is 0 Å². The van der Waals surface area contributed by atoms with Crippen LogP contribution in [0.5, 0.6) is 0 Å². The lowest BCUT2D eigenvalue weighted by molar-refractivity contribution is 0.0737. The molecule has 0 bridgehead atoms. The minimum absolute atomic E-state index is 0.411. The van der Waals surface area contributed by atoms with E-state index in [9.17, 15) is 0 Å². The fourth-order valence-electron chi connectivity index (χ4n) is 1.99. The number of hydrogen-bond acceptors (Lipinski definition) is 1. The van der Waals surface area contributed by atoms with Gasteiger partial charge in [-0.2, -0.15) is 0 Å². The first-order valence-electron chi connectivity index (χ1n) is 5.40. The number of ether oxygens (including phenoxy) is 1. The summed E-state index contributed by atoms with van der Waals surface area (Å²) in [6, 6.07) is 0. The van der Waals surface area contributed by atoms with Crippen molar-refractivity contribution in [1.29, 1.82) is 0 Å². The van der Waals surface area contributed by atoms with Crippen molar-refractivity contribution in [2.75, 3.05) is 6.61 Å². The van der Waals surface area contributed by atoms with Crippen LogP contribution in [0.2, 0.25) is 0 Å². The van der Waals surface area contributed by atoms with E-state index in [4.69, 9.17) is 4.74 Å². The van der Waals surface area contributed by atoms with Gasteiger partial charge in [-0.3, -0.25) is 0 Å². The topological polar surface area (TPSA) is 9.23 Å². The number of rotatable bonds is 5. The van der Waals surface area contributed by atoms with Gasteiger partial charge in [-0.05, 0) is 32.6 Å². The molecule has 0 atom stereocenters. The van der Waals surface area contributed by atoms with Gasteiger partial charge in [-0.25, -0.2) is 0 Å². The predicted octanol–water partition coefficient (Wildman–Crippen LogP) is 3.38. The van der Waals surface area contributed by atoms with Crippen LogP contribution in [-0.4, -0.2) is 12.7 Å². The SMILES string of the molecule is CC(C)OCCCC1CCCC1. The van der Waals surface area contributed by atoms with Gasteiger partial charge in [0.15, 0.2) is 0 Å². The van der Waals surface area contributed by atoms with E-state index >= 15 is 0 Å². The van der Waals surface area contributed by atoms with Gasteiger partial charge in [0, 0.05) is 6.61 Å². The molecule has 72 valence electrons. The number of hydrogen-bond donors (Lipinski definition) is 0. The molecule has 0 aromatic heterocycles. The van der Waals surface area contributed by atoms with E-state index in [2.05, 4.69) is 13.8 Å². The lowest BCUT2D eigenvalue weighted by atomic mass is 10.0. The molecule has 0 aromatic carbocycles. The Morgan fingerprint density at radius 2 is 1.92 bits per heavy atom. The molecule has 1 fully saturated rings. The molecule has 1 saturated carbocycles. The Labute approximate surface area is 76.5 Å². The molecule has 0 amide bonds. The first-order chi connectivity index (χ1) is 5.79. The largest absolute Gasteiger partial charge is 0.379 e. The minimum Gasteiger partial charge on any atom is -0.379 e. The third-order valence-corrected chi connectivity index (χ3v) is 2.68. The summed E-state index contributed by atoms with van der Waals surface area (Å²) in [4.78, 5) is 0. The average Bonchev–Trinajstić information content (AvgIpc) is 2.49. The highest BCUT2D eigenvalue weighted by Crippen LogP contribution is 2.28. The monoisotopic (exact) mass is 170 g/mol. The molecule has 1 heteroatoms. The standard InChI is InChI=1S/C11H22O/c1-10(2)12-9-5-8-11-6-3-4-7-11/h10-11H,3-9H2,1-2H3. The first kappa shape index (κ1) is 10.0. The Balaban J connectivity index is 1.88. The molecular formula is C11H22O. The van der Waals surface area contributed by atoms with Crippen LogP contribution in [0.1, 0.15) is 52.4 Å². The van der Waals surface area contributed by atoms with Crippen LogP contribution in [0, 0.1) is 5.92 Å². The van der Waals surface area contributed by atoms with E-state index in [1.165, 1.54) is 38.5 Å². The molecule has 0 spiro atoms. The summed E-state index contributed by atoms with van der Waals surface area (Å²) in [5.74, 6) is 1.03. The Morgan fingerprint density at radius 3 is 2.50 bits per heavy atom. The maximum atomic E-state index is 5.50. The van der Waals surface area contributed by atoms with Crippen LogP contribution in [0.4, 0.5) is 0 Å². The summed E-state index contributed by atoms with van der Waals surface area (Å²) < 4.78 is 5.50. The van der Waals surface area contributed by atoms with Gasteiger partial charge in [-0.1, -0.05) is 25.7 Å². The minimum atomic E-state index is 0.411. The molecule has 1 aliphatic rings. The molecule has 12 heavy (non-hydrogen) atoms. The van der Waals surface area contributed by atoms with Gasteiger partial charge in [0.1, 0.15) is 0 Å². The molecule has 1 rings (SSSR count). The Kier molecular flexibility index (Phi) is 4.67. The van der Waals surface area contributed by atoms with Crippen molar-refractivity contribution < 1.29 is 4.74 Å². The van der Waals surface area contributed by atoms with Crippen LogP contribution in [0.3, 0.4) is 0 Å². The molecule has 0 aliphatic heterocycles. The zero-order valence-corrected chi connectivity index (χ0v) is 8.51. The highest BCUT2D eigenvalue weighted by atomic mass is 16.5. The van der Waals surface area contributed by atoms with E-state index < -0.39 is 0 Å². The molecule has 0 saturated heterocycles. The summed E-state index contributed by atoms with van der Waals surface area (Å²) >= 11 is 0. The fraction of sp³-hybridized carbons (Fsp3) is 1.00. The third-order valence-electron chi connectivity index (χ3n) is 2.68. The predicted molar refractivity (Wildman–Crippen MR) is 52.3 cm³/mol. The van der Waals surface area contributed by atoms with Crippen LogP contribution < -0.4 is 0 Å². The highest BCUT2D eigenvalue weighted by molar-refractivity contribution is 4.66. The normalized spacial score (nSPS) is 19.2. The Morgan fingerprint density at radius 1 is 1.25 bits per heavy atom. The molecule has 0 radical (unpaired) electrons. The van der Waals surface area contributed by atoms with E-state index in [-0.39, 0.29) is 0 Å². The first-order valence-corrected chi connectivity index (χ1v) is 5.40. The molecule has 0 heterocycles. The van der Waals surface area contributed by atoms with Gasteiger partial charge in [0.05, 0.1) is 6.10 Å². The zero-order valence-electron chi connectivity index (χ0n) is 8.51. The average molecular weight is 170 g/mol. The van der Waals surface area contributed by atoms with Gasteiger partial charge in [0.2, 0.25) is 0 Å². The quantitative estimate of drug-likeness (QED) is 0.575. The zero-order chi connectivity index (χ0) is 8.81. The van der Waals surface area contributed by atoms with Gasteiger partial charge < -0.3 is 4.74 Å². The summed E-state index contributed by atoms with van der Waals surface area (Å²) in [6.45, 7) is 5.18. The second kappa shape index (κ2) is 5.58. The molecule has 0 aromatic rings. The van der Waals surface area contributed by atoms with Crippen molar-refractivity contribution in [3.63, 3.8) is 0 Å². The van der Waals surface area contributed by atoms with Gasteiger partial charge in [-0.15, -0.1) is 0 Å². The van der Waals surface area contributed by atoms with Crippen LogP contribution >= 0.6 is 0 Å². The van der Waals surface area contributed by atoms with Crippen LogP contribution in [-0.2, 0) is 4.74 Å². The van der Waals surface area contributed by atoms with Gasteiger partial charge >= 0.3 is 0 Å². The molecule has 1 aliphatic carbocycles. The molecule has 0 unspecified atom stereocenters. The van der Waals surface area contributed by atoms with E-state index in [1.807, 2.05) is 0 Å². The second-order valence-electron chi connectivity index (χ2n) is 4.21. The smallest absolute Gasteiger partial charge is 0.0518 e. The summed E-state index contributed by atoms with van der Waals surface area (Å²) in [7, 11) is 0. The summed E-state index contributed by atoms with van der Waals surface area (Å²) in [6.07, 6.45) is 8.96. The maximum absolute atomic E-state index is 5.50. The van der Waals surface area contributed by atoms with Crippen molar-refractivity contribution >= 4 is 0 Å². The van der Waals surface area contributed by atoms with Gasteiger partial charge in [0.25, 0.3) is 0 Å². The Hall–Kier alpha value is -0.0400. The summed E-state index contributed by atoms with van der Waals surface area (Å²) in [5.41, 5.74) is 0. The van der Waals surface area contributed by atoms with E-state index in [1.54, 1.807) is 0 Å². The van der Waals surface area contributed by atoms with Crippen LogP contribution in [0.25, 0.3) is 0 Å². The molecule has 1 nitrogen and oxygen atoms in total. The lowest BCUT2D eigenvalue weighted by Crippen LogP contribution is -2.05. The fourth-order valence-corrected chi connectivity index (χ4v) is 1.99. The van der Waals surface area contributed by atoms with E-state index in [0.717, 1.165) is 12.5 Å². The molecular weight excluding hydrogens is 148 g/mol. The van der Waals surface area contributed by atoms with Crippen molar-refractivity contribution in [3.8, 4) is 0 Å². The Bertz CT molecular complexity index is 104. The van der Waals surface area contributed by atoms with E-state index in [0.29, 0.717) is 6.10 Å². The highest BCUT2D eigenvalue weighted by Gasteiger charge is 2.13. The lowest BCUT2D eigenvalue weighted by Gasteiger charge is -2.10.